The van der Waals surface area contributed by atoms with Crippen molar-refractivity contribution in [1.29, 1.82) is 0 Å². The number of carbonyl (C=O) groups is 3. The molecule has 3 fully saturated rings. The minimum absolute atomic E-state index is 0.00731. The number of Topliss-reactive ketones (excluding diaryl/α,β-unsaturated/α-hetero) is 1. The molecular weight excluding hydrogens is 426 g/mol. The van der Waals surface area contributed by atoms with E-state index in [1.54, 1.807) is 0 Å². The zero-order chi connectivity index (χ0) is 24.1. The van der Waals surface area contributed by atoms with E-state index in [9.17, 15) is 14.4 Å². The lowest BCUT2D eigenvalue weighted by molar-refractivity contribution is -0.148. The van der Waals surface area contributed by atoms with Crippen LogP contribution in [-0.2, 0) is 14.3 Å². The average Bonchev–Trinajstić information content (AvgIpc) is 3.07. The first-order chi connectivity index (χ1) is 16.2. The lowest BCUT2D eigenvalue weighted by atomic mass is 9.47. The van der Waals surface area contributed by atoms with E-state index in [-0.39, 0.29) is 34.7 Å². The number of amides is 1. The Morgan fingerprint density at radius 2 is 1.82 bits per heavy atom. The van der Waals surface area contributed by atoms with E-state index in [1.165, 1.54) is 12.5 Å². The molecule has 4 aliphatic carbocycles. The fourth-order valence-corrected chi connectivity index (χ4v) is 8.09. The highest BCUT2D eigenvalue weighted by molar-refractivity contribution is 5.94. The summed E-state index contributed by atoms with van der Waals surface area (Å²) in [6, 6.07) is 9.24. The summed E-state index contributed by atoms with van der Waals surface area (Å²) in [5.74, 6) is 1.38. The molecule has 1 N–H and O–H groups in total. The van der Waals surface area contributed by atoms with Crippen molar-refractivity contribution < 1.29 is 19.1 Å². The van der Waals surface area contributed by atoms with Gasteiger partial charge in [-0.2, -0.15) is 0 Å². The number of rotatable bonds is 4. The molecule has 0 aliphatic heterocycles. The molecule has 5 nitrogen and oxygen atoms in total. The Kier molecular flexibility index (Phi) is 5.94. The molecular formula is C29H37NO4. The Labute approximate surface area is 202 Å². The van der Waals surface area contributed by atoms with Gasteiger partial charge in [0.1, 0.15) is 11.9 Å². The summed E-state index contributed by atoms with van der Waals surface area (Å²) in [5, 5.41) is 3.06. The van der Waals surface area contributed by atoms with Crippen LogP contribution in [0.2, 0.25) is 0 Å². The summed E-state index contributed by atoms with van der Waals surface area (Å²) in [7, 11) is 0. The van der Waals surface area contributed by atoms with Crippen molar-refractivity contribution in [3.63, 3.8) is 0 Å². The molecule has 0 bridgehead atoms. The molecule has 0 aromatic heterocycles. The highest BCUT2D eigenvalue weighted by atomic mass is 16.5. The first-order valence-electron chi connectivity index (χ1n) is 12.9. The second-order valence-electron chi connectivity index (χ2n) is 11.6. The lowest BCUT2D eigenvalue weighted by Crippen LogP contribution is -2.51. The highest BCUT2D eigenvalue weighted by Gasteiger charge is 2.61. The van der Waals surface area contributed by atoms with Crippen molar-refractivity contribution in [2.75, 3.05) is 6.54 Å². The maximum absolute atomic E-state index is 13.3. The van der Waals surface area contributed by atoms with E-state index in [2.05, 4.69) is 25.2 Å². The number of allylic oxidation sites excluding steroid dienone is 1. The average molecular weight is 464 g/mol. The van der Waals surface area contributed by atoms with Gasteiger partial charge in [-0.05, 0) is 72.8 Å². The van der Waals surface area contributed by atoms with Gasteiger partial charge in [-0.3, -0.25) is 14.4 Å². The third-order valence-electron chi connectivity index (χ3n) is 9.94. The monoisotopic (exact) mass is 463 g/mol. The molecule has 0 spiro atoms. The molecule has 1 aromatic carbocycles. The Hall–Kier alpha value is -2.43. The van der Waals surface area contributed by atoms with Gasteiger partial charge < -0.3 is 10.1 Å². The van der Waals surface area contributed by atoms with Crippen LogP contribution in [0.3, 0.4) is 0 Å². The number of esters is 1. The minimum Gasteiger partial charge on any atom is -0.462 e. The van der Waals surface area contributed by atoms with Crippen LogP contribution in [0, 0.1) is 34.5 Å². The summed E-state index contributed by atoms with van der Waals surface area (Å²) in [5.41, 5.74) is 2.19. The van der Waals surface area contributed by atoms with Gasteiger partial charge in [-0.1, -0.05) is 43.7 Å². The largest absolute Gasteiger partial charge is 0.462 e. The summed E-state index contributed by atoms with van der Waals surface area (Å²) < 4.78 is 5.55. The van der Waals surface area contributed by atoms with E-state index in [1.807, 2.05) is 30.3 Å². The minimum atomic E-state index is -0.189. The molecule has 7 atom stereocenters. The van der Waals surface area contributed by atoms with Gasteiger partial charge in [0, 0.05) is 37.8 Å². The Bertz CT molecular complexity index is 1020. The molecule has 182 valence electrons. The van der Waals surface area contributed by atoms with Crippen molar-refractivity contribution in [2.45, 2.75) is 71.8 Å². The maximum Gasteiger partial charge on any atom is 0.302 e. The highest BCUT2D eigenvalue weighted by Crippen LogP contribution is 2.65. The van der Waals surface area contributed by atoms with Gasteiger partial charge in [0.05, 0.1) is 0 Å². The van der Waals surface area contributed by atoms with Crippen LogP contribution in [0.5, 0.6) is 0 Å². The molecule has 3 saturated carbocycles. The molecule has 0 heterocycles. The van der Waals surface area contributed by atoms with E-state index in [4.69, 9.17) is 4.74 Å². The van der Waals surface area contributed by atoms with Crippen molar-refractivity contribution in [3.05, 3.63) is 47.5 Å². The topological polar surface area (TPSA) is 72.5 Å². The van der Waals surface area contributed by atoms with Crippen molar-refractivity contribution in [2.24, 2.45) is 34.5 Å². The van der Waals surface area contributed by atoms with Crippen LogP contribution in [0.15, 0.2) is 42.0 Å². The van der Waals surface area contributed by atoms with E-state index >= 15 is 0 Å². The fraction of sp³-hybridized carbons (Fsp3) is 0.621. The van der Waals surface area contributed by atoms with Crippen LogP contribution in [0.4, 0.5) is 0 Å². The molecule has 0 saturated heterocycles. The van der Waals surface area contributed by atoms with Crippen LogP contribution in [-0.4, -0.2) is 30.3 Å². The first kappa shape index (κ1) is 23.3. The van der Waals surface area contributed by atoms with Gasteiger partial charge >= 0.3 is 5.97 Å². The zero-order valence-electron chi connectivity index (χ0n) is 20.6. The molecule has 5 rings (SSSR count). The van der Waals surface area contributed by atoms with Crippen LogP contribution < -0.4 is 5.32 Å². The standard InChI is InChI=1S/C29H37NO4/c1-18(31)34-21-11-13-28(2)20(15-21)9-10-22-23(28)12-14-29(3)24(22)16-26(32)25(29)17-30-27(33)19-7-5-4-6-8-19/h4-9,21-25H,10-17H2,1-3H3,(H,30,33)/t21-,22+,23-,24-,25-,28-,29-/m0/s1. The van der Waals surface area contributed by atoms with Crippen molar-refractivity contribution in [3.8, 4) is 0 Å². The van der Waals surface area contributed by atoms with Gasteiger partial charge in [0.25, 0.3) is 5.91 Å². The second-order valence-corrected chi connectivity index (χ2v) is 11.6. The third kappa shape index (κ3) is 3.81. The van der Waals surface area contributed by atoms with Crippen LogP contribution in [0.25, 0.3) is 0 Å². The molecule has 5 heteroatoms. The number of benzene rings is 1. The molecule has 1 amide bonds. The number of hydrogen-bond donors (Lipinski definition) is 1. The fourth-order valence-electron chi connectivity index (χ4n) is 8.09. The number of ketones is 1. The van der Waals surface area contributed by atoms with E-state index in [0.717, 1.165) is 38.5 Å². The predicted molar refractivity (Wildman–Crippen MR) is 130 cm³/mol. The smallest absolute Gasteiger partial charge is 0.302 e. The zero-order valence-corrected chi connectivity index (χ0v) is 20.6. The SMILES string of the molecule is CC(=O)O[C@H]1CC[C@@]2(C)C(=CC[C@H]3[C@@H]4CC(=O)[C@H](CNC(=O)c5ccccc5)[C@@]4(C)CC[C@@H]32)C1. The molecule has 0 radical (unpaired) electrons. The van der Waals surface area contributed by atoms with Gasteiger partial charge in [0.15, 0.2) is 0 Å². The lowest BCUT2D eigenvalue weighted by Gasteiger charge is -2.57. The van der Waals surface area contributed by atoms with Gasteiger partial charge in [0.2, 0.25) is 0 Å². The van der Waals surface area contributed by atoms with Crippen LogP contribution in [0.1, 0.15) is 76.1 Å². The number of nitrogens with one attached hydrogen (secondary N) is 1. The molecule has 4 aliphatic rings. The predicted octanol–water partition coefficient (Wildman–Crippen LogP) is 5.11. The molecule has 34 heavy (non-hydrogen) atoms. The summed E-state index contributed by atoms with van der Waals surface area (Å²) in [6.45, 7) is 6.64. The second kappa shape index (κ2) is 8.66. The Morgan fingerprint density at radius 1 is 1.06 bits per heavy atom. The number of hydrogen-bond acceptors (Lipinski definition) is 4. The Balaban J connectivity index is 1.31. The molecule has 1 aromatic rings. The van der Waals surface area contributed by atoms with Gasteiger partial charge in [-0.25, -0.2) is 0 Å². The normalized spacial score (nSPS) is 38.7. The third-order valence-corrected chi connectivity index (χ3v) is 9.94. The Morgan fingerprint density at radius 3 is 2.56 bits per heavy atom. The number of ether oxygens (including phenoxy) is 1. The maximum atomic E-state index is 13.3. The molecule has 0 unspecified atom stereocenters. The summed E-state index contributed by atoms with van der Waals surface area (Å²) >= 11 is 0. The first-order valence-corrected chi connectivity index (χ1v) is 12.9. The van der Waals surface area contributed by atoms with Crippen molar-refractivity contribution in [1.82, 2.24) is 5.32 Å². The number of fused-ring (bicyclic) bond motifs is 5. The summed E-state index contributed by atoms with van der Waals surface area (Å²) in [6.07, 6.45) is 9.06. The van der Waals surface area contributed by atoms with Crippen LogP contribution >= 0.6 is 0 Å². The van der Waals surface area contributed by atoms with E-state index < -0.39 is 0 Å². The summed E-state index contributed by atoms with van der Waals surface area (Å²) in [4.78, 5) is 37.4. The van der Waals surface area contributed by atoms with E-state index in [0.29, 0.717) is 42.1 Å². The van der Waals surface area contributed by atoms with Gasteiger partial charge in [-0.15, -0.1) is 0 Å². The number of carbonyl (C=O) groups excluding carboxylic acids is 3. The van der Waals surface area contributed by atoms with Crippen molar-refractivity contribution >= 4 is 17.7 Å². The quantitative estimate of drug-likeness (QED) is 0.498.